The van der Waals surface area contributed by atoms with Gasteiger partial charge in [0, 0.05) is 47.9 Å². The molecule has 0 amide bonds. The van der Waals surface area contributed by atoms with Gasteiger partial charge in [0.05, 0.1) is 18.2 Å². The van der Waals surface area contributed by atoms with Gasteiger partial charge in [0.2, 0.25) is 0 Å². The fourth-order valence-electron chi connectivity index (χ4n) is 5.03. The Morgan fingerprint density at radius 3 is 2.34 bits per heavy atom. The van der Waals surface area contributed by atoms with Gasteiger partial charge in [-0.05, 0) is 53.5 Å². The molecule has 0 atom stereocenters. The van der Waals surface area contributed by atoms with Crippen LogP contribution in [0.2, 0.25) is 0 Å². The number of fused-ring (bicyclic) bond motifs is 2. The first-order valence-electron chi connectivity index (χ1n) is 15.8. The molecule has 3 heterocycles. The molecule has 0 N–H and O–H groups in total. The second-order valence-electron chi connectivity index (χ2n) is 9.88. The van der Waals surface area contributed by atoms with Crippen molar-refractivity contribution in [2.75, 3.05) is 0 Å². The molecule has 4 nitrogen and oxygen atoms in total. The number of hydrogen-bond acceptors (Lipinski definition) is 3. The normalized spacial score (nSPS) is 12.3. The molecular formula is C39H27IrN3O-2. The van der Waals surface area contributed by atoms with E-state index < -0.39 is 6.85 Å². The first-order valence-corrected chi connectivity index (χ1v) is 13.8. The largest absolute Gasteiger partial charge is 0.557 e. The molecule has 0 fully saturated rings. The minimum absolute atomic E-state index is 0. The van der Waals surface area contributed by atoms with Crippen LogP contribution in [0.3, 0.4) is 0 Å². The summed E-state index contributed by atoms with van der Waals surface area (Å²) in [6, 6.07) is 46.5. The van der Waals surface area contributed by atoms with Gasteiger partial charge in [0.25, 0.3) is 0 Å². The van der Waals surface area contributed by atoms with Crippen molar-refractivity contribution in [3.63, 3.8) is 0 Å². The molecule has 0 spiro atoms. The van der Waals surface area contributed by atoms with E-state index in [0.29, 0.717) is 11.6 Å². The Morgan fingerprint density at radius 2 is 1.57 bits per heavy atom. The summed E-state index contributed by atoms with van der Waals surface area (Å²) in [5.41, 5.74) is 8.57. The molecule has 8 aromatic rings. The number of aryl methyl sites for hydroxylation is 1. The second kappa shape index (κ2) is 13.0. The van der Waals surface area contributed by atoms with Crippen molar-refractivity contribution in [3.8, 4) is 39.5 Å². The molecule has 0 saturated heterocycles. The van der Waals surface area contributed by atoms with Gasteiger partial charge in [-0.15, -0.1) is 42.0 Å². The molecule has 0 aliphatic carbocycles. The number of rotatable bonds is 4. The van der Waals surface area contributed by atoms with E-state index in [1.54, 1.807) is 30.3 Å². The van der Waals surface area contributed by atoms with Crippen molar-refractivity contribution < 1.29 is 30.0 Å². The predicted molar refractivity (Wildman–Crippen MR) is 174 cm³/mol. The Labute approximate surface area is 275 Å². The number of para-hydroxylation sites is 3. The Bertz CT molecular complexity index is 2280. The third kappa shape index (κ3) is 5.89. The molecule has 0 aliphatic rings. The van der Waals surface area contributed by atoms with Crippen molar-refractivity contribution in [1.29, 1.82) is 0 Å². The zero-order valence-electron chi connectivity index (χ0n) is 27.4. The van der Waals surface area contributed by atoms with Crippen molar-refractivity contribution in [2.45, 2.75) is 6.85 Å². The summed E-state index contributed by atoms with van der Waals surface area (Å²) in [6.45, 7) is -2.09. The molecular weight excluding hydrogens is 719 g/mol. The Hall–Kier alpha value is -5.09. The van der Waals surface area contributed by atoms with Crippen LogP contribution in [0.1, 0.15) is 11.0 Å². The molecule has 0 saturated carbocycles. The van der Waals surface area contributed by atoms with Gasteiger partial charge in [-0.3, -0.25) is 4.98 Å². The van der Waals surface area contributed by atoms with E-state index in [4.69, 9.17) is 14.9 Å². The number of pyridine rings is 1. The van der Waals surface area contributed by atoms with Gasteiger partial charge in [-0.25, -0.2) is 0 Å². The number of hydrogen-bond donors (Lipinski definition) is 0. The summed E-state index contributed by atoms with van der Waals surface area (Å²) in [4.78, 5) is 9.03. The number of imidazole rings is 1. The van der Waals surface area contributed by atoms with E-state index in [0.717, 1.165) is 44.8 Å². The molecule has 44 heavy (non-hydrogen) atoms. The fourth-order valence-corrected chi connectivity index (χ4v) is 5.03. The van der Waals surface area contributed by atoms with E-state index >= 15 is 0 Å². The van der Waals surface area contributed by atoms with Crippen LogP contribution in [0, 0.1) is 19.2 Å². The summed E-state index contributed by atoms with van der Waals surface area (Å²) >= 11 is 0. The fraction of sp³-hybridized carbons (Fsp3) is 0.0256. The van der Waals surface area contributed by atoms with Gasteiger partial charge in [-0.2, -0.15) is 0 Å². The number of furan rings is 1. The molecule has 0 aliphatic heterocycles. The third-order valence-corrected chi connectivity index (χ3v) is 7.12. The van der Waals surface area contributed by atoms with Crippen LogP contribution in [0.25, 0.3) is 61.5 Å². The van der Waals surface area contributed by atoms with E-state index in [1.807, 2.05) is 60.7 Å². The Morgan fingerprint density at radius 1 is 0.773 bits per heavy atom. The molecule has 8 rings (SSSR count). The van der Waals surface area contributed by atoms with Crippen molar-refractivity contribution in [1.82, 2.24) is 14.5 Å². The molecule has 3 aromatic heterocycles. The Kier molecular flexibility index (Phi) is 7.23. The molecule has 1 radical (unpaired) electrons. The Balaban J connectivity index is 0.000000201. The van der Waals surface area contributed by atoms with Crippen molar-refractivity contribution in [2.24, 2.45) is 0 Å². The molecule has 215 valence electrons. The van der Waals surface area contributed by atoms with Gasteiger partial charge in [-0.1, -0.05) is 95.9 Å². The van der Waals surface area contributed by atoms with Crippen LogP contribution in [-0.2, 0) is 20.1 Å². The zero-order chi connectivity index (χ0) is 32.4. The van der Waals surface area contributed by atoms with E-state index in [1.165, 1.54) is 17.3 Å². The molecule has 5 aromatic carbocycles. The smallest absolute Gasteiger partial charge is 0.0774 e. The summed E-state index contributed by atoms with van der Waals surface area (Å²) < 4.78 is 37.3. The van der Waals surface area contributed by atoms with Crippen molar-refractivity contribution in [3.05, 3.63) is 164 Å². The minimum Gasteiger partial charge on any atom is -0.557 e. The van der Waals surface area contributed by atoms with Crippen LogP contribution in [0.4, 0.5) is 0 Å². The third-order valence-electron chi connectivity index (χ3n) is 7.12. The van der Waals surface area contributed by atoms with Crippen LogP contribution in [-0.4, -0.2) is 14.5 Å². The van der Waals surface area contributed by atoms with Gasteiger partial charge in [0.15, 0.2) is 0 Å². The summed E-state index contributed by atoms with van der Waals surface area (Å²) in [7, 11) is 0. The maximum absolute atomic E-state index is 7.85. The average molecular weight is 750 g/mol. The van der Waals surface area contributed by atoms with Gasteiger partial charge < -0.3 is 14.0 Å². The van der Waals surface area contributed by atoms with Crippen LogP contribution in [0.5, 0.6) is 0 Å². The summed E-state index contributed by atoms with van der Waals surface area (Å²) in [6.07, 6.45) is 4.42. The number of benzene rings is 5. The molecule has 0 bridgehead atoms. The summed E-state index contributed by atoms with van der Waals surface area (Å²) in [5, 5.41) is 0.897. The van der Waals surface area contributed by atoms with Gasteiger partial charge >= 0.3 is 0 Å². The quantitative estimate of drug-likeness (QED) is 0.168. The number of nitrogens with zero attached hydrogens (tertiary/aromatic N) is 3. The number of aromatic nitrogens is 3. The van der Waals surface area contributed by atoms with Crippen LogP contribution >= 0.6 is 0 Å². The maximum Gasteiger partial charge on any atom is 0.0774 e. The van der Waals surface area contributed by atoms with Gasteiger partial charge in [0.1, 0.15) is 0 Å². The second-order valence-corrected chi connectivity index (χ2v) is 9.88. The predicted octanol–water partition coefficient (Wildman–Crippen LogP) is 9.76. The maximum atomic E-state index is 7.85. The SMILES string of the molecule is [2H]C([2H])([2H])c1ccc(-c2[c-]cccc2)nc1.[2H]c1ccc2c(-c3nc4ccccc4n3-c3ccc(-c4ccccc4)cc3)[c-]oc2c1.[Ir]. The zero-order valence-corrected chi connectivity index (χ0v) is 25.8. The van der Waals surface area contributed by atoms with E-state index in [-0.39, 0.29) is 25.7 Å². The molecule has 5 heteroatoms. The first kappa shape index (κ1) is 24.4. The first-order chi connectivity index (χ1) is 22.8. The average Bonchev–Trinajstić information content (AvgIpc) is 3.70. The monoisotopic (exact) mass is 750 g/mol. The topological polar surface area (TPSA) is 43.9 Å². The van der Waals surface area contributed by atoms with E-state index in [9.17, 15) is 0 Å². The van der Waals surface area contributed by atoms with Crippen molar-refractivity contribution >= 4 is 22.0 Å². The standard InChI is InChI=1S/C27H17N2O.C12H10N.Ir/c1-2-8-19(9-3-1)20-14-16-21(17-15-20)29-25-12-6-5-11-24(25)28-27(29)23-18-30-26-13-7-4-10-22(23)26;1-10-7-8-12(13-9-10)11-5-3-2-4-6-11;/h1-17H;2-5,7-9H,1H3;/q2*-1;/i7D;1D3;. The molecule has 0 unspecified atom stereocenters. The minimum atomic E-state index is -2.09. The summed E-state index contributed by atoms with van der Waals surface area (Å²) in [5.74, 6) is 0.769. The van der Waals surface area contributed by atoms with Crippen LogP contribution < -0.4 is 0 Å². The van der Waals surface area contributed by atoms with E-state index in [2.05, 4.69) is 64.3 Å². The van der Waals surface area contributed by atoms with Crippen LogP contribution in [0.15, 0.2) is 150 Å².